The average Bonchev–Trinajstić information content (AvgIpc) is 2.49. The molecule has 3 nitrogen and oxygen atoms in total. The lowest BCUT2D eigenvalue weighted by Crippen LogP contribution is -2.27. The molecule has 3 rings (SSSR count). The first-order valence-electron chi connectivity index (χ1n) is 6.51. The third kappa shape index (κ3) is 2.41. The highest BCUT2D eigenvalue weighted by Gasteiger charge is 2.16. The smallest absolute Gasteiger partial charge is 0.0720 e. The van der Waals surface area contributed by atoms with Gasteiger partial charge in [-0.3, -0.25) is 9.97 Å². The zero-order valence-corrected chi connectivity index (χ0v) is 10.3. The van der Waals surface area contributed by atoms with Crippen LogP contribution < -0.4 is 5.32 Å². The number of nitrogens with zero attached hydrogens (tertiary/aromatic N) is 2. The second-order valence-corrected chi connectivity index (χ2v) is 4.71. The van der Waals surface area contributed by atoms with E-state index in [0.717, 1.165) is 24.3 Å². The van der Waals surface area contributed by atoms with Gasteiger partial charge in [0.25, 0.3) is 0 Å². The fourth-order valence-electron chi connectivity index (χ4n) is 2.47. The molecule has 18 heavy (non-hydrogen) atoms. The third-order valence-corrected chi connectivity index (χ3v) is 3.49. The Balaban J connectivity index is 1.89. The third-order valence-electron chi connectivity index (χ3n) is 3.49. The van der Waals surface area contributed by atoms with Crippen LogP contribution in [0.3, 0.4) is 0 Å². The van der Waals surface area contributed by atoms with Gasteiger partial charge in [0.1, 0.15) is 0 Å². The molecule has 0 unspecified atom stereocenters. The summed E-state index contributed by atoms with van der Waals surface area (Å²) in [5, 5.41) is 3.39. The van der Waals surface area contributed by atoms with E-state index in [2.05, 4.69) is 34.6 Å². The molecule has 0 aliphatic carbocycles. The molecule has 1 aliphatic rings. The van der Waals surface area contributed by atoms with Crippen molar-refractivity contribution in [3.8, 4) is 11.3 Å². The van der Waals surface area contributed by atoms with E-state index < -0.39 is 0 Å². The number of rotatable bonds is 2. The molecular weight excluding hydrogens is 222 g/mol. The largest absolute Gasteiger partial charge is 0.317 e. The number of nitrogens with one attached hydrogen (secondary N) is 1. The van der Waals surface area contributed by atoms with Crippen molar-refractivity contribution in [2.45, 2.75) is 18.8 Å². The molecule has 3 heteroatoms. The van der Waals surface area contributed by atoms with E-state index >= 15 is 0 Å². The van der Waals surface area contributed by atoms with Crippen LogP contribution in [0.25, 0.3) is 11.3 Å². The van der Waals surface area contributed by atoms with Gasteiger partial charge in [0, 0.05) is 29.6 Å². The molecule has 1 N–H and O–H groups in total. The zero-order chi connectivity index (χ0) is 12.2. The quantitative estimate of drug-likeness (QED) is 0.875. The second kappa shape index (κ2) is 5.27. The molecule has 0 aromatic carbocycles. The molecule has 92 valence electrons. The van der Waals surface area contributed by atoms with Crippen LogP contribution in [-0.4, -0.2) is 23.1 Å². The van der Waals surface area contributed by atoms with Crippen LogP contribution in [0, 0.1) is 0 Å². The maximum atomic E-state index is 4.80. The van der Waals surface area contributed by atoms with Crippen molar-refractivity contribution < 1.29 is 0 Å². The van der Waals surface area contributed by atoms with Gasteiger partial charge >= 0.3 is 0 Å². The lowest BCUT2D eigenvalue weighted by Gasteiger charge is -2.22. The van der Waals surface area contributed by atoms with E-state index in [-0.39, 0.29) is 0 Å². The van der Waals surface area contributed by atoms with Crippen LogP contribution in [-0.2, 0) is 0 Å². The van der Waals surface area contributed by atoms with Gasteiger partial charge in [-0.2, -0.15) is 0 Å². The first-order chi connectivity index (χ1) is 8.93. The Bertz CT molecular complexity index is 504. The molecule has 1 aliphatic heterocycles. The van der Waals surface area contributed by atoms with Gasteiger partial charge in [-0.05, 0) is 50.2 Å². The van der Waals surface area contributed by atoms with Crippen molar-refractivity contribution in [1.82, 2.24) is 15.3 Å². The lowest BCUT2D eigenvalue weighted by atomic mass is 9.94. The lowest BCUT2D eigenvalue weighted by molar-refractivity contribution is 0.453. The predicted octanol–water partition coefficient (Wildman–Crippen LogP) is 2.61. The van der Waals surface area contributed by atoms with Crippen LogP contribution in [0.5, 0.6) is 0 Å². The molecule has 1 saturated heterocycles. The topological polar surface area (TPSA) is 37.8 Å². The van der Waals surface area contributed by atoms with Crippen molar-refractivity contribution in [2.75, 3.05) is 13.1 Å². The van der Waals surface area contributed by atoms with Crippen molar-refractivity contribution in [1.29, 1.82) is 0 Å². The molecule has 0 radical (unpaired) electrons. The molecule has 0 atom stereocenters. The van der Waals surface area contributed by atoms with Crippen LogP contribution in [0.2, 0.25) is 0 Å². The van der Waals surface area contributed by atoms with Crippen molar-refractivity contribution in [3.63, 3.8) is 0 Å². The Labute approximate surface area is 107 Å². The maximum absolute atomic E-state index is 4.80. The normalized spacial score (nSPS) is 16.7. The van der Waals surface area contributed by atoms with Crippen LogP contribution in [0.1, 0.15) is 24.5 Å². The summed E-state index contributed by atoms with van der Waals surface area (Å²) in [6.45, 7) is 2.20. The highest BCUT2D eigenvalue weighted by molar-refractivity contribution is 5.57. The molecule has 0 bridgehead atoms. The predicted molar refractivity (Wildman–Crippen MR) is 72.3 cm³/mol. The van der Waals surface area contributed by atoms with E-state index in [1.54, 1.807) is 6.20 Å². The molecular formula is C15H17N3. The summed E-state index contributed by atoms with van der Waals surface area (Å²) in [7, 11) is 0. The molecule has 2 aromatic heterocycles. The Morgan fingerprint density at radius 1 is 1.06 bits per heavy atom. The second-order valence-electron chi connectivity index (χ2n) is 4.71. The van der Waals surface area contributed by atoms with Gasteiger partial charge in [-0.25, -0.2) is 0 Å². The molecule has 3 heterocycles. The van der Waals surface area contributed by atoms with Gasteiger partial charge < -0.3 is 5.32 Å². The fourth-order valence-corrected chi connectivity index (χ4v) is 2.47. The minimum absolute atomic E-state index is 0.600. The highest BCUT2D eigenvalue weighted by Crippen LogP contribution is 2.25. The SMILES string of the molecule is c1cncc(-c2cccc(C3CCNCC3)n2)c1. The molecule has 0 spiro atoms. The van der Waals surface area contributed by atoms with Crippen LogP contribution in [0.15, 0.2) is 42.7 Å². The van der Waals surface area contributed by atoms with E-state index in [9.17, 15) is 0 Å². The maximum Gasteiger partial charge on any atom is 0.0720 e. The first-order valence-corrected chi connectivity index (χ1v) is 6.51. The number of hydrogen-bond donors (Lipinski definition) is 1. The first kappa shape index (κ1) is 11.4. The average molecular weight is 239 g/mol. The van der Waals surface area contributed by atoms with E-state index in [4.69, 9.17) is 4.98 Å². The highest BCUT2D eigenvalue weighted by atomic mass is 14.9. The van der Waals surface area contributed by atoms with Crippen molar-refractivity contribution in [2.24, 2.45) is 0 Å². The summed E-state index contributed by atoms with van der Waals surface area (Å²) in [5.74, 6) is 0.600. The zero-order valence-electron chi connectivity index (χ0n) is 10.3. The molecule has 0 saturated carbocycles. The monoisotopic (exact) mass is 239 g/mol. The van der Waals surface area contributed by atoms with Gasteiger partial charge in [0.15, 0.2) is 0 Å². The van der Waals surface area contributed by atoms with Gasteiger partial charge in [0.05, 0.1) is 5.69 Å². The molecule has 2 aromatic rings. The summed E-state index contributed by atoms with van der Waals surface area (Å²) in [4.78, 5) is 8.95. The fraction of sp³-hybridized carbons (Fsp3) is 0.333. The van der Waals surface area contributed by atoms with Gasteiger partial charge in [0.2, 0.25) is 0 Å². The van der Waals surface area contributed by atoms with Crippen molar-refractivity contribution >= 4 is 0 Å². The van der Waals surface area contributed by atoms with Gasteiger partial charge in [-0.1, -0.05) is 6.07 Å². The van der Waals surface area contributed by atoms with Crippen molar-refractivity contribution in [3.05, 3.63) is 48.4 Å². The Morgan fingerprint density at radius 2 is 1.94 bits per heavy atom. The van der Waals surface area contributed by atoms with E-state index in [1.165, 1.54) is 18.5 Å². The van der Waals surface area contributed by atoms with Gasteiger partial charge in [-0.15, -0.1) is 0 Å². The van der Waals surface area contributed by atoms with E-state index in [0.29, 0.717) is 5.92 Å². The molecule has 1 fully saturated rings. The minimum atomic E-state index is 0.600. The summed E-state index contributed by atoms with van der Waals surface area (Å²) < 4.78 is 0. The van der Waals surface area contributed by atoms with Crippen LogP contribution >= 0.6 is 0 Å². The van der Waals surface area contributed by atoms with Crippen LogP contribution in [0.4, 0.5) is 0 Å². The number of hydrogen-bond acceptors (Lipinski definition) is 3. The summed E-state index contributed by atoms with van der Waals surface area (Å²) in [6.07, 6.45) is 6.03. The Kier molecular flexibility index (Phi) is 3.33. The Hall–Kier alpha value is -1.74. The minimum Gasteiger partial charge on any atom is -0.317 e. The number of piperidine rings is 1. The summed E-state index contributed by atoms with van der Waals surface area (Å²) >= 11 is 0. The molecule has 0 amide bonds. The van der Waals surface area contributed by atoms with E-state index in [1.807, 2.05) is 12.3 Å². The number of pyridine rings is 2. The standard InChI is InChI=1S/C15H17N3/c1-4-14(12-6-9-16-10-7-12)18-15(5-1)13-3-2-8-17-11-13/h1-5,8,11-12,16H,6-7,9-10H2. The summed E-state index contributed by atoms with van der Waals surface area (Å²) in [6, 6.07) is 10.3. The number of aromatic nitrogens is 2. The summed E-state index contributed by atoms with van der Waals surface area (Å²) in [5.41, 5.74) is 3.34. The Morgan fingerprint density at radius 3 is 2.72 bits per heavy atom.